The lowest BCUT2D eigenvalue weighted by molar-refractivity contribution is 0.581. The van der Waals surface area contributed by atoms with Crippen molar-refractivity contribution in [3.63, 3.8) is 0 Å². The fraction of sp³-hybridized carbons (Fsp3) is 0.214. The first kappa shape index (κ1) is 15.9. The average molecular weight is 370 g/mol. The summed E-state index contributed by atoms with van der Waals surface area (Å²) in [5, 5.41) is 2.95. The molecule has 2 rings (SSSR count). The zero-order chi connectivity index (χ0) is 15.3. The van der Waals surface area contributed by atoms with E-state index >= 15 is 0 Å². The summed E-state index contributed by atoms with van der Waals surface area (Å²) in [6.45, 7) is 2.72. The van der Waals surface area contributed by atoms with Crippen LogP contribution in [0.25, 0.3) is 0 Å². The van der Waals surface area contributed by atoms with Gasteiger partial charge in [0.2, 0.25) is 10.0 Å². The second-order valence-electron chi connectivity index (χ2n) is 4.33. The molecular weight excluding hydrogens is 354 g/mol. The van der Waals surface area contributed by atoms with Gasteiger partial charge in [-0.05, 0) is 36.8 Å². The fourth-order valence-electron chi connectivity index (χ4n) is 1.77. The van der Waals surface area contributed by atoms with Gasteiger partial charge >= 0.3 is 0 Å². The van der Waals surface area contributed by atoms with Gasteiger partial charge in [0.1, 0.15) is 10.7 Å². The second-order valence-corrected chi connectivity index (χ2v) is 6.98. The molecule has 21 heavy (non-hydrogen) atoms. The minimum Gasteiger partial charge on any atom is -0.369 e. The van der Waals surface area contributed by atoms with Gasteiger partial charge in [-0.25, -0.2) is 18.1 Å². The molecule has 0 radical (unpaired) electrons. The van der Waals surface area contributed by atoms with E-state index in [0.29, 0.717) is 12.4 Å². The first-order valence-corrected chi connectivity index (χ1v) is 8.73. The second kappa shape index (κ2) is 7.02. The molecule has 0 unspecified atom stereocenters. The third-order valence-electron chi connectivity index (χ3n) is 2.78. The van der Waals surface area contributed by atoms with Gasteiger partial charge in [-0.2, -0.15) is 0 Å². The number of hydrogen-bond donors (Lipinski definition) is 2. The van der Waals surface area contributed by atoms with Crippen molar-refractivity contribution in [2.75, 3.05) is 11.9 Å². The highest BCUT2D eigenvalue weighted by atomic mass is 79.9. The summed E-state index contributed by atoms with van der Waals surface area (Å²) < 4.78 is 28.3. The first-order valence-electron chi connectivity index (χ1n) is 6.46. The van der Waals surface area contributed by atoms with Crippen molar-refractivity contribution in [3.8, 4) is 0 Å². The topological polar surface area (TPSA) is 71.1 Å². The van der Waals surface area contributed by atoms with Gasteiger partial charge in [-0.15, -0.1) is 0 Å². The van der Waals surface area contributed by atoms with Gasteiger partial charge in [0.25, 0.3) is 0 Å². The number of halogens is 1. The molecule has 1 aromatic heterocycles. The summed E-state index contributed by atoms with van der Waals surface area (Å²) in [4.78, 5) is 4.22. The number of anilines is 1. The predicted octanol–water partition coefficient (Wildman–Crippen LogP) is 2.75. The van der Waals surface area contributed by atoms with E-state index in [0.717, 1.165) is 10.0 Å². The molecule has 0 saturated heterocycles. The van der Waals surface area contributed by atoms with Crippen molar-refractivity contribution < 1.29 is 8.42 Å². The van der Waals surface area contributed by atoms with Crippen LogP contribution in [0.15, 0.2) is 52.0 Å². The molecule has 0 saturated carbocycles. The Balaban J connectivity index is 2.17. The minimum absolute atomic E-state index is 0.156. The maximum Gasteiger partial charge on any atom is 0.244 e. The normalized spacial score (nSPS) is 11.3. The highest BCUT2D eigenvalue weighted by molar-refractivity contribution is 9.10. The Labute approximate surface area is 133 Å². The SMILES string of the molecule is CCNc1ncccc1S(=O)(=O)NCc1ccc(Br)cc1. The number of nitrogens with zero attached hydrogens (tertiary/aromatic N) is 1. The van der Waals surface area contributed by atoms with Crippen molar-refractivity contribution in [3.05, 3.63) is 52.6 Å². The first-order chi connectivity index (χ1) is 10.0. The Kier molecular flexibility index (Phi) is 5.33. The molecule has 0 aliphatic carbocycles. The summed E-state index contributed by atoms with van der Waals surface area (Å²) in [5.74, 6) is 0.364. The van der Waals surface area contributed by atoms with E-state index in [-0.39, 0.29) is 11.4 Å². The molecular formula is C14H16BrN3O2S. The van der Waals surface area contributed by atoms with Gasteiger partial charge < -0.3 is 5.32 Å². The Hall–Kier alpha value is -1.44. The average Bonchev–Trinajstić information content (AvgIpc) is 2.47. The van der Waals surface area contributed by atoms with Crippen LogP contribution in [0, 0.1) is 0 Å². The van der Waals surface area contributed by atoms with E-state index in [1.807, 2.05) is 31.2 Å². The third-order valence-corrected chi connectivity index (χ3v) is 4.75. The highest BCUT2D eigenvalue weighted by Gasteiger charge is 2.18. The predicted molar refractivity (Wildman–Crippen MR) is 86.6 cm³/mol. The molecule has 2 aromatic rings. The maximum atomic E-state index is 12.4. The van der Waals surface area contributed by atoms with Crippen molar-refractivity contribution in [2.24, 2.45) is 0 Å². The molecule has 0 atom stereocenters. The number of nitrogens with one attached hydrogen (secondary N) is 2. The quantitative estimate of drug-likeness (QED) is 0.820. The van der Waals surface area contributed by atoms with Gasteiger partial charge in [0, 0.05) is 23.8 Å². The minimum atomic E-state index is -3.61. The van der Waals surface area contributed by atoms with Crippen LogP contribution in [-0.2, 0) is 16.6 Å². The lowest BCUT2D eigenvalue weighted by atomic mass is 10.2. The van der Waals surface area contributed by atoms with Crippen molar-refractivity contribution in [1.29, 1.82) is 0 Å². The van der Waals surface area contributed by atoms with Crippen LogP contribution in [0.2, 0.25) is 0 Å². The molecule has 1 heterocycles. The largest absolute Gasteiger partial charge is 0.369 e. The Morgan fingerprint density at radius 3 is 2.57 bits per heavy atom. The lowest BCUT2D eigenvalue weighted by Crippen LogP contribution is -2.24. The number of benzene rings is 1. The van der Waals surface area contributed by atoms with Crippen LogP contribution in [0.1, 0.15) is 12.5 Å². The molecule has 0 fully saturated rings. The Bertz CT molecular complexity index is 702. The molecule has 2 N–H and O–H groups in total. The molecule has 0 aliphatic rings. The number of pyridine rings is 1. The van der Waals surface area contributed by atoms with Gasteiger partial charge in [-0.3, -0.25) is 0 Å². The van der Waals surface area contributed by atoms with Gasteiger partial charge in [0.05, 0.1) is 0 Å². The summed E-state index contributed by atoms with van der Waals surface area (Å²) in [6, 6.07) is 10.6. The van der Waals surface area contributed by atoms with Crippen molar-refractivity contribution >= 4 is 31.8 Å². The van der Waals surface area contributed by atoms with Crippen LogP contribution < -0.4 is 10.0 Å². The van der Waals surface area contributed by atoms with Crippen LogP contribution >= 0.6 is 15.9 Å². The van der Waals surface area contributed by atoms with Crippen LogP contribution in [-0.4, -0.2) is 19.9 Å². The fourth-order valence-corrected chi connectivity index (χ4v) is 3.18. The molecule has 112 valence electrons. The van der Waals surface area contributed by atoms with E-state index in [2.05, 4.69) is 31.0 Å². The monoisotopic (exact) mass is 369 g/mol. The highest BCUT2D eigenvalue weighted by Crippen LogP contribution is 2.18. The van der Waals surface area contributed by atoms with Crippen LogP contribution in [0.5, 0.6) is 0 Å². The summed E-state index contributed by atoms with van der Waals surface area (Å²) in [6.07, 6.45) is 1.56. The lowest BCUT2D eigenvalue weighted by Gasteiger charge is -2.11. The van der Waals surface area contributed by atoms with E-state index in [9.17, 15) is 8.42 Å². The smallest absolute Gasteiger partial charge is 0.244 e. The van der Waals surface area contributed by atoms with E-state index in [4.69, 9.17) is 0 Å². The zero-order valence-corrected chi connectivity index (χ0v) is 13.9. The summed E-state index contributed by atoms with van der Waals surface area (Å²) in [7, 11) is -3.61. The number of sulfonamides is 1. The molecule has 1 aromatic carbocycles. The molecule has 0 amide bonds. The molecule has 0 spiro atoms. The van der Waals surface area contributed by atoms with E-state index < -0.39 is 10.0 Å². The number of aromatic nitrogens is 1. The van der Waals surface area contributed by atoms with Crippen LogP contribution in [0.3, 0.4) is 0 Å². The molecule has 5 nitrogen and oxygen atoms in total. The molecule has 0 aliphatic heterocycles. The third kappa shape index (κ3) is 4.26. The molecule has 0 bridgehead atoms. The molecule has 7 heteroatoms. The standard InChI is InChI=1S/C14H16BrN3O2S/c1-2-16-14-13(4-3-9-17-14)21(19,20)18-10-11-5-7-12(15)8-6-11/h3-9,18H,2,10H2,1H3,(H,16,17). The van der Waals surface area contributed by atoms with Crippen molar-refractivity contribution in [1.82, 2.24) is 9.71 Å². The van der Waals surface area contributed by atoms with Gasteiger partial charge in [0.15, 0.2) is 0 Å². The van der Waals surface area contributed by atoms with Crippen molar-refractivity contribution in [2.45, 2.75) is 18.4 Å². The number of hydrogen-bond acceptors (Lipinski definition) is 4. The Morgan fingerprint density at radius 2 is 1.90 bits per heavy atom. The van der Waals surface area contributed by atoms with Gasteiger partial charge in [-0.1, -0.05) is 28.1 Å². The van der Waals surface area contributed by atoms with E-state index in [1.165, 1.54) is 6.07 Å². The summed E-state index contributed by atoms with van der Waals surface area (Å²) >= 11 is 3.34. The number of rotatable bonds is 6. The Morgan fingerprint density at radius 1 is 1.19 bits per heavy atom. The van der Waals surface area contributed by atoms with Crippen LogP contribution in [0.4, 0.5) is 5.82 Å². The summed E-state index contributed by atoms with van der Waals surface area (Å²) in [5.41, 5.74) is 0.885. The maximum absolute atomic E-state index is 12.4. The van der Waals surface area contributed by atoms with E-state index in [1.54, 1.807) is 12.3 Å². The zero-order valence-electron chi connectivity index (χ0n) is 11.5.